The summed E-state index contributed by atoms with van der Waals surface area (Å²) in [6.45, 7) is 5.40. The van der Waals surface area contributed by atoms with E-state index >= 15 is 0 Å². The minimum Gasteiger partial charge on any atom is -0.377 e. The molecule has 0 amide bonds. The SMILES string of the molecule is CC1(C)COCC2(CCCC2)N1O. The smallest absolute Gasteiger partial charge is 0.0700 e. The van der Waals surface area contributed by atoms with Gasteiger partial charge in [-0.15, -0.1) is 0 Å². The summed E-state index contributed by atoms with van der Waals surface area (Å²) in [5.74, 6) is 0. The van der Waals surface area contributed by atoms with Crippen molar-refractivity contribution in [3.8, 4) is 0 Å². The first kappa shape index (κ1) is 9.44. The molecule has 1 aliphatic carbocycles. The van der Waals surface area contributed by atoms with E-state index in [1.807, 2.05) is 13.8 Å². The lowest BCUT2D eigenvalue weighted by Crippen LogP contribution is -2.63. The lowest BCUT2D eigenvalue weighted by molar-refractivity contribution is -0.286. The van der Waals surface area contributed by atoms with Crippen molar-refractivity contribution in [2.45, 2.75) is 50.6 Å². The monoisotopic (exact) mass is 185 g/mol. The molecule has 1 saturated carbocycles. The van der Waals surface area contributed by atoms with Crippen LogP contribution in [0.1, 0.15) is 39.5 Å². The Kier molecular flexibility index (Phi) is 2.13. The molecule has 1 heterocycles. The summed E-state index contributed by atoms with van der Waals surface area (Å²) in [5.41, 5.74) is -0.287. The fourth-order valence-corrected chi connectivity index (χ4v) is 2.64. The quantitative estimate of drug-likeness (QED) is 0.624. The van der Waals surface area contributed by atoms with Gasteiger partial charge in [0.15, 0.2) is 0 Å². The maximum Gasteiger partial charge on any atom is 0.0700 e. The van der Waals surface area contributed by atoms with Crippen molar-refractivity contribution >= 4 is 0 Å². The molecule has 0 bridgehead atoms. The Morgan fingerprint density at radius 1 is 1.15 bits per heavy atom. The van der Waals surface area contributed by atoms with E-state index in [2.05, 4.69) is 0 Å². The molecule has 1 aliphatic heterocycles. The summed E-state index contributed by atoms with van der Waals surface area (Å²) in [5, 5.41) is 11.7. The average molecular weight is 185 g/mol. The minimum atomic E-state index is -0.220. The normalized spacial score (nSPS) is 32.5. The minimum absolute atomic E-state index is 0.0677. The number of rotatable bonds is 0. The first-order chi connectivity index (χ1) is 6.07. The van der Waals surface area contributed by atoms with Crippen molar-refractivity contribution < 1.29 is 9.94 Å². The van der Waals surface area contributed by atoms with Gasteiger partial charge in [-0.05, 0) is 26.7 Å². The lowest BCUT2D eigenvalue weighted by atomic mass is 9.90. The van der Waals surface area contributed by atoms with E-state index in [0.717, 1.165) is 12.8 Å². The van der Waals surface area contributed by atoms with Crippen molar-refractivity contribution in [3.63, 3.8) is 0 Å². The fourth-order valence-electron chi connectivity index (χ4n) is 2.64. The van der Waals surface area contributed by atoms with E-state index < -0.39 is 0 Å². The molecular weight excluding hydrogens is 166 g/mol. The largest absolute Gasteiger partial charge is 0.377 e. The molecule has 3 nitrogen and oxygen atoms in total. The lowest BCUT2D eigenvalue weighted by Gasteiger charge is -2.49. The van der Waals surface area contributed by atoms with Gasteiger partial charge in [-0.3, -0.25) is 0 Å². The van der Waals surface area contributed by atoms with Gasteiger partial charge in [-0.2, -0.15) is 5.06 Å². The van der Waals surface area contributed by atoms with Crippen LogP contribution in [0.3, 0.4) is 0 Å². The topological polar surface area (TPSA) is 32.7 Å². The van der Waals surface area contributed by atoms with E-state index in [4.69, 9.17) is 4.74 Å². The van der Waals surface area contributed by atoms with E-state index in [1.165, 1.54) is 12.8 Å². The zero-order valence-corrected chi connectivity index (χ0v) is 8.55. The van der Waals surface area contributed by atoms with Crippen LogP contribution in [0.2, 0.25) is 0 Å². The summed E-state index contributed by atoms with van der Waals surface area (Å²) < 4.78 is 5.59. The number of nitrogens with zero attached hydrogens (tertiary/aromatic N) is 1. The molecule has 0 radical (unpaired) electrons. The van der Waals surface area contributed by atoms with Crippen molar-refractivity contribution in [1.29, 1.82) is 0 Å². The van der Waals surface area contributed by atoms with E-state index in [1.54, 1.807) is 5.06 Å². The zero-order chi connectivity index (χ0) is 9.53. The van der Waals surface area contributed by atoms with Crippen LogP contribution in [0.4, 0.5) is 0 Å². The summed E-state index contributed by atoms with van der Waals surface area (Å²) >= 11 is 0. The standard InChI is InChI=1S/C10H19NO2/c1-9(2)7-13-8-10(11(9)12)5-3-4-6-10/h12H,3-8H2,1-2H3. The molecule has 2 fully saturated rings. The molecule has 13 heavy (non-hydrogen) atoms. The van der Waals surface area contributed by atoms with Gasteiger partial charge in [0.05, 0.1) is 24.3 Å². The summed E-state index contributed by atoms with van der Waals surface area (Å²) in [7, 11) is 0. The first-order valence-corrected chi connectivity index (χ1v) is 5.14. The van der Waals surface area contributed by atoms with Gasteiger partial charge >= 0.3 is 0 Å². The highest BCUT2D eigenvalue weighted by Gasteiger charge is 2.49. The fraction of sp³-hybridized carbons (Fsp3) is 1.00. The van der Waals surface area contributed by atoms with Crippen LogP contribution in [-0.2, 0) is 4.74 Å². The van der Waals surface area contributed by atoms with Crippen LogP contribution >= 0.6 is 0 Å². The highest BCUT2D eigenvalue weighted by atomic mass is 16.5. The van der Waals surface area contributed by atoms with Crippen molar-refractivity contribution in [2.75, 3.05) is 13.2 Å². The van der Waals surface area contributed by atoms with E-state index in [0.29, 0.717) is 13.2 Å². The summed E-state index contributed by atoms with van der Waals surface area (Å²) in [4.78, 5) is 0. The molecule has 0 aromatic heterocycles. The number of morpholine rings is 1. The van der Waals surface area contributed by atoms with Crippen LogP contribution < -0.4 is 0 Å². The second kappa shape index (κ2) is 2.94. The van der Waals surface area contributed by atoms with Gasteiger partial charge in [0.1, 0.15) is 0 Å². The maximum atomic E-state index is 10.1. The third-order valence-electron chi connectivity index (χ3n) is 3.38. The molecular formula is C10H19NO2. The van der Waals surface area contributed by atoms with Gasteiger partial charge < -0.3 is 9.94 Å². The van der Waals surface area contributed by atoms with Crippen molar-refractivity contribution in [3.05, 3.63) is 0 Å². The van der Waals surface area contributed by atoms with Crippen molar-refractivity contribution in [1.82, 2.24) is 5.06 Å². The van der Waals surface area contributed by atoms with Gasteiger partial charge in [0.2, 0.25) is 0 Å². The number of hydrogen-bond donors (Lipinski definition) is 1. The Hall–Kier alpha value is -0.120. The molecule has 0 unspecified atom stereocenters. The van der Waals surface area contributed by atoms with Gasteiger partial charge in [0, 0.05) is 0 Å². The number of hydroxylamine groups is 2. The Balaban J connectivity index is 2.19. The molecule has 1 saturated heterocycles. The molecule has 0 aromatic carbocycles. The molecule has 3 heteroatoms. The van der Waals surface area contributed by atoms with Crippen LogP contribution in [0, 0.1) is 0 Å². The Labute approximate surface area is 79.6 Å². The molecule has 0 aromatic rings. The van der Waals surface area contributed by atoms with Gasteiger partial charge in [-0.25, -0.2) is 0 Å². The van der Waals surface area contributed by atoms with Crippen molar-refractivity contribution in [2.24, 2.45) is 0 Å². The second-order valence-corrected chi connectivity index (χ2v) is 5.05. The van der Waals surface area contributed by atoms with E-state index in [9.17, 15) is 5.21 Å². The predicted molar refractivity (Wildman–Crippen MR) is 49.7 cm³/mol. The van der Waals surface area contributed by atoms with Crippen LogP contribution in [-0.4, -0.2) is 34.6 Å². The molecule has 1 N–H and O–H groups in total. The molecule has 76 valence electrons. The van der Waals surface area contributed by atoms with Gasteiger partial charge in [-0.1, -0.05) is 12.8 Å². The predicted octanol–water partition coefficient (Wildman–Crippen LogP) is 1.80. The van der Waals surface area contributed by atoms with Gasteiger partial charge in [0.25, 0.3) is 0 Å². The molecule has 2 aliphatic rings. The van der Waals surface area contributed by atoms with E-state index in [-0.39, 0.29) is 11.1 Å². The molecule has 0 atom stereocenters. The summed E-state index contributed by atoms with van der Waals surface area (Å²) in [6, 6.07) is 0. The average Bonchev–Trinajstić information content (AvgIpc) is 2.50. The summed E-state index contributed by atoms with van der Waals surface area (Å²) in [6.07, 6.45) is 4.59. The zero-order valence-electron chi connectivity index (χ0n) is 8.55. The number of hydrogen-bond acceptors (Lipinski definition) is 3. The van der Waals surface area contributed by atoms with Crippen LogP contribution in [0.5, 0.6) is 0 Å². The molecule has 2 rings (SSSR count). The highest BCUT2D eigenvalue weighted by Crippen LogP contribution is 2.40. The molecule has 1 spiro atoms. The number of ether oxygens (including phenoxy) is 1. The first-order valence-electron chi connectivity index (χ1n) is 5.14. The third-order valence-corrected chi connectivity index (χ3v) is 3.38. The second-order valence-electron chi connectivity index (χ2n) is 5.05. The highest BCUT2D eigenvalue weighted by molar-refractivity contribution is 4.99. The van der Waals surface area contributed by atoms with Crippen LogP contribution in [0.25, 0.3) is 0 Å². The Morgan fingerprint density at radius 2 is 1.77 bits per heavy atom. The Bertz CT molecular complexity index is 197. The maximum absolute atomic E-state index is 10.1. The third kappa shape index (κ3) is 1.39. The van der Waals surface area contributed by atoms with Crippen LogP contribution in [0.15, 0.2) is 0 Å². The Morgan fingerprint density at radius 3 is 2.38 bits per heavy atom.